The van der Waals surface area contributed by atoms with Crippen LogP contribution in [0.5, 0.6) is 0 Å². The van der Waals surface area contributed by atoms with Crippen molar-refractivity contribution in [2.75, 3.05) is 18.8 Å². The van der Waals surface area contributed by atoms with Gasteiger partial charge in [0.2, 0.25) is 0 Å². The van der Waals surface area contributed by atoms with Crippen molar-refractivity contribution in [1.29, 1.82) is 0 Å². The third-order valence-electron chi connectivity index (χ3n) is 7.30. The number of hydrogen-bond donors (Lipinski definition) is 1. The lowest BCUT2D eigenvalue weighted by Crippen LogP contribution is -2.41. The molecule has 40 heavy (non-hydrogen) atoms. The number of nitrogens with two attached hydrogens (primary N) is 1. The Labute approximate surface area is 231 Å². The predicted octanol–water partition coefficient (Wildman–Crippen LogP) is 5.63. The van der Waals surface area contributed by atoms with E-state index < -0.39 is 5.60 Å². The fraction of sp³-hybridized carbons (Fsp3) is 0.333. The average molecular weight is 542 g/mol. The van der Waals surface area contributed by atoms with Gasteiger partial charge in [-0.15, -0.1) is 0 Å². The number of ether oxygens (including phenoxy) is 1. The van der Waals surface area contributed by atoms with Crippen molar-refractivity contribution >= 4 is 28.3 Å². The molecule has 10 heteroatoms. The van der Waals surface area contributed by atoms with Gasteiger partial charge in [0.25, 0.3) is 0 Å². The minimum absolute atomic E-state index is 0.202. The zero-order valence-corrected chi connectivity index (χ0v) is 22.8. The van der Waals surface area contributed by atoms with Crippen LogP contribution in [0.2, 0.25) is 0 Å². The number of anilines is 1. The Morgan fingerprint density at radius 2 is 1.85 bits per heavy atom. The van der Waals surface area contributed by atoms with E-state index in [1.54, 1.807) is 17.0 Å². The molecule has 0 spiro atoms. The number of amides is 1. The van der Waals surface area contributed by atoms with Gasteiger partial charge < -0.3 is 15.4 Å². The van der Waals surface area contributed by atoms with Gasteiger partial charge in [0.1, 0.15) is 23.3 Å². The topological polar surface area (TPSA) is 104 Å². The summed E-state index contributed by atoms with van der Waals surface area (Å²) in [5, 5.41) is 10.3. The van der Waals surface area contributed by atoms with Crippen LogP contribution in [0.1, 0.15) is 50.8 Å². The van der Waals surface area contributed by atoms with Crippen molar-refractivity contribution in [1.82, 2.24) is 29.3 Å². The van der Waals surface area contributed by atoms with Crippen LogP contribution in [0.3, 0.4) is 0 Å². The van der Waals surface area contributed by atoms with Crippen molar-refractivity contribution in [2.45, 2.75) is 51.7 Å². The third kappa shape index (κ3) is 5.09. The molecule has 4 heterocycles. The summed E-state index contributed by atoms with van der Waals surface area (Å²) in [6, 6.07) is 14.7. The Kier molecular flexibility index (Phi) is 6.40. The molecule has 1 amide bonds. The van der Waals surface area contributed by atoms with Gasteiger partial charge in [-0.05, 0) is 69.0 Å². The quantitative estimate of drug-likeness (QED) is 0.316. The van der Waals surface area contributed by atoms with Crippen LogP contribution in [0.25, 0.3) is 27.5 Å². The molecule has 1 fully saturated rings. The number of carbonyl (C=O) groups is 1. The third-order valence-corrected chi connectivity index (χ3v) is 7.30. The lowest BCUT2D eigenvalue weighted by atomic mass is 9.93. The molecule has 0 atom stereocenters. The molecule has 6 rings (SSSR count). The van der Waals surface area contributed by atoms with Crippen LogP contribution in [0.15, 0.2) is 61.1 Å². The van der Waals surface area contributed by atoms with Crippen LogP contribution in [-0.4, -0.2) is 54.1 Å². The van der Waals surface area contributed by atoms with E-state index in [4.69, 9.17) is 15.6 Å². The molecule has 0 bridgehead atoms. The van der Waals surface area contributed by atoms with E-state index in [0.29, 0.717) is 25.5 Å². The normalized spacial score (nSPS) is 14.8. The lowest BCUT2D eigenvalue weighted by molar-refractivity contribution is 0.0203. The Morgan fingerprint density at radius 1 is 1.10 bits per heavy atom. The summed E-state index contributed by atoms with van der Waals surface area (Å²) in [4.78, 5) is 18.6. The van der Waals surface area contributed by atoms with E-state index >= 15 is 0 Å². The molecule has 0 aliphatic carbocycles. The van der Waals surface area contributed by atoms with Crippen molar-refractivity contribution in [3.8, 4) is 11.1 Å². The minimum Gasteiger partial charge on any atom is -0.444 e. The van der Waals surface area contributed by atoms with Gasteiger partial charge in [0, 0.05) is 41.8 Å². The Bertz CT molecular complexity index is 1690. The number of nitrogen functional groups attached to an aromatic ring is 1. The Hall–Kier alpha value is -4.47. The maximum absolute atomic E-state index is 13.3. The van der Waals surface area contributed by atoms with Gasteiger partial charge in [-0.25, -0.2) is 18.7 Å². The molecule has 2 aromatic carbocycles. The molecule has 0 radical (unpaired) electrons. The molecular weight excluding hydrogens is 509 g/mol. The van der Waals surface area contributed by atoms with E-state index in [9.17, 15) is 9.18 Å². The number of fused-ring (bicyclic) bond motifs is 2. The summed E-state index contributed by atoms with van der Waals surface area (Å²) in [5.74, 6) is 0.354. The highest BCUT2D eigenvalue weighted by atomic mass is 19.1. The number of halogens is 1. The first-order valence-corrected chi connectivity index (χ1v) is 13.5. The van der Waals surface area contributed by atoms with Crippen molar-refractivity contribution in [3.05, 3.63) is 78.1 Å². The SMILES string of the molecule is CC(C)(C)OC(=O)N1CCC(c2cc(-c3ccc4cn(Cc5ccc(F)cc5)nc4c3)c3c(N)ncnn23)CC1. The highest BCUT2D eigenvalue weighted by Crippen LogP contribution is 2.37. The summed E-state index contributed by atoms with van der Waals surface area (Å²) in [7, 11) is 0. The highest BCUT2D eigenvalue weighted by Gasteiger charge is 2.30. The summed E-state index contributed by atoms with van der Waals surface area (Å²) < 4.78 is 22.6. The van der Waals surface area contributed by atoms with E-state index in [2.05, 4.69) is 22.2 Å². The van der Waals surface area contributed by atoms with E-state index in [-0.39, 0.29) is 17.8 Å². The molecule has 5 aromatic rings. The largest absolute Gasteiger partial charge is 0.444 e. The number of carbonyl (C=O) groups excluding carboxylic acids is 1. The molecule has 0 unspecified atom stereocenters. The maximum atomic E-state index is 13.3. The molecular formula is C30H32FN7O2. The fourth-order valence-electron chi connectivity index (χ4n) is 5.38. The lowest BCUT2D eigenvalue weighted by Gasteiger charge is -2.33. The fourth-order valence-corrected chi connectivity index (χ4v) is 5.38. The zero-order valence-electron chi connectivity index (χ0n) is 22.8. The Balaban J connectivity index is 1.29. The van der Waals surface area contributed by atoms with Crippen LogP contribution >= 0.6 is 0 Å². The number of nitrogens with zero attached hydrogens (tertiary/aromatic N) is 6. The van der Waals surface area contributed by atoms with E-state index in [1.165, 1.54) is 18.5 Å². The second-order valence-corrected chi connectivity index (χ2v) is 11.4. The maximum Gasteiger partial charge on any atom is 0.410 e. The van der Waals surface area contributed by atoms with Crippen molar-refractivity contribution in [2.24, 2.45) is 0 Å². The summed E-state index contributed by atoms with van der Waals surface area (Å²) in [6.45, 7) is 7.41. The van der Waals surface area contributed by atoms with Gasteiger partial charge in [-0.3, -0.25) is 4.68 Å². The van der Waals surface area contributed by atoms with Crippen LogP contribution in [-0.2, 0) is 11.3 Å². The summed E-state index contributed by atoms with van der Waals surface area (Å²) in [5.41, 5.74) is 11.4. The first-order chi connectivity index (χ1) is 19.1. The molecule has 2 N–H and O–H groups in total. The molecule has 206 valence electrons. The number of hydrogen-bond acceptors (Lipinski definition) is 6. The van der Waals surface area contributed by atoms with Gasteiger partial charge in [0.15, 0.2) is 5.82 Å². The molecule has 1 saturated heterocycles. The van der Waals surface area contributed by atoms with Crippen LogP contribution < -0.4 is 5.73 Å². The highest BCUT2D eigenvalue weighted by molar-refractivity contribution is 5.92. The molecule has 0 saturated carbocycles. The molecule has 3 aromatic heterocycles. The number of aromatic nitrogens is 5. The number of likely N-dealkylation sites (tertiary alicyclic amines) is 1. The van der Waals surface area contributed by atoms with Gasteiger partial charge in [-0.2, -0.15) is 10.2 Å². The first kappa shape index (κ1) is 25.8. The molecule has 9 nitrogen and oxygen atoms in total. The molecule has 1 aliphatic rings. The van der Waals surface area contributed by atoms with Crippen LogP contribution in [0, 0.1) is 5.82 Å². The van der Waals surface area contributed by atoms with Gasteiger partial charge in [-0.1, -0.05) is 24.3 Å². The average Bonchev–Trinajstić information content (AvgIpc) is 3.50. The second kappa shape index (κ2) is 9.93. The second-order valence-electron chi connectivity index (χ2n) is 11.4. The zero-order chi connectivity index (χ0) is 28.0. The van der Waals surface area contributed by atoms with Gasteiger partial charge in [0.05, 0.1) is 12.1 Å². The van der Waals surface area contributed by atoms with Crippen molar-refractivity contribution < 1.29 is 13.9 Å². The Morgan fingerprint density at radius 3 is 2.58 bits per heavy atom. The smallest absolute Gasteiger partial charge is 0.410 e. The van der Waals surface area contributed by atoms with Gasteiger partial charge >= 0.3 is 6.09 Å². The number of benzene rings is 2. The van der Waals surface area contributed by atoms with E-state index in [1.807, 2.05) is 48.3 Å². The standard InChI is InChI=1S/C30H32FN7O2/c1-30(2,3)40-29(39)36-12-10-20(11-13-36)26-15-24(27-28(32)33-18-34-38(26)27)21-6-7-22-17-37(35-25(22)14-21)16-19-4-8-23(31)9-5-19/h4-9,14-15,17-18,20H,10-13,16H2,1-3H3,(H2,32,33,34). The summed E-state index contributed by atoms with van der Waals surface area (Å²) >= 11 is 0. The molecule has 1 aliphatic heterocycles. The summed E-state index contributed by atoms with van der Waals surface area (Å²) in [6.07, 6.45) is 4.78. The van der Waals surface area contributed by atoms with E-state index in [0.717, 1.165) is 51.6 Å². The van der Waals surface area contributed by atoms with Crippen LogP contribution in [0.4, 0.5) is 15.0 Å². The number of piperidine rings is 1. The number of rotatable bonds is 4. The predicted molar refractivity (Wildman–Crippen MR) is 151 cm³/mol. The first-order valence-electron chi connectivity index (χ1n) is 13.5. The minimum atomic E-state index is -0.521. The van der Waals surface area contributed by atoms with Crippen molar-refractivity contribution in [3.63, 3.8) is 0 Å². The monoisotopic (exact) mass is 541 g/mol.